The number of alkyl halides is 3. The van der Waals surface area contributed by atoms with Gasteiger partial charge in [-0.3, -0.25) is 0 Å². The zero-order valence-corrected chi connectivity index (χ0v) is 9.63. The number of nitriles is 1. The Morgan fingerprint density at radius 1 is 1.47 bits per heavy atom. The first kappa shape index (κ1) is 12.3. The lowest BCUT2D eigenvalue weighted by Gasteiger charge is -2.13. The van der Waals surface area contributed by atoms with Gasteiger partial charge in [0.05, 0.1) is 15.7 Å². The van der Waals surface area contributed by atoms with E-state index in [4.69, 9.17) is 16.9 Å². The number of halogens is 5. The highest BCUT2D eigenvalue weighted by Gasteiger charge is 2.38. The second kappa shape index (κ2) is 3.99. The monoisotopic (exact) mass is 298 g/mol. The van der Waals surface area contributed by atoms with Crippen molar-refractivity contribution in [2.45, 2.75) is 13.1 Å². The van der Waals surface area contributed by atoms with Gasteiger partial charge in [0.2, 0.25) is 0 Å². The second-order valence-corrected chi connectivity index (χ2v) is 3.81. The summed E-state index contributed by atoms with van der Waals surface area (Å²) in [7, 11) is 0. The molecule has 0 aliphatic carbocycles. The molecule has 2 nitrogen and oxygen atoms in total. The van der Waals surface area contributed by atoms with Gasteiger partial charge in [-0.15, -0.1) is 0 Å². The third-order valence-corrected chi connectivity index (χ3v) is 2.90. The molecule has 15 heavy (non-hydrogen) atoms. The van der Waals surface area contributed by atoms with Gasteiger partial charge in [0.1, 0.15) is 16.8 Å². The Morgan fingerprint density at radius 2 is 2.00 bits per heavy atom. The van der Waals surface area contributed by atoms with E-state index < -0.39 is 22.5 Å². The maximum absolute atomic E-state index is 12.6. The third kappa shape index (κ3) is 2.24. The van der Waals surface area contributed by atoms with Crippen LogP contribution in [-0.2, 0) is 6.18 Å². The molecule has 0 bridgehead atoms. The van der Waals surface area contributed by atoms with Gasteiger partial charge in [0.25, 0.3) is 0 Å². The fourth-order valence-electron chi connectivity index (χ4n) is 1.01. The van der Waals surface area contributed by atoms with Gasteiger partial charge in [-0.2, -0.15) is 18.4 Å². The Balaban J connectivity index is 3.68. The van der Waals surface area contributed by atoms with Crippen LogP contribution < -0.4 is 0 Å². The van der Waals surface area contributed by atoms with Crippen molar-refractivity contribution in [1.29, 1.82) is 5.26 Å². The van der Waals surface area contributed by atoms with Crippen molar-refractivity contribution < 1.29 is 13.2 Å². The van der Waals surface area contributed by atoms with Crippen molar-refractivity contribution in [1.82, 2.24) is 4.98 Å². The number of hydrogen-bond donors (Lipinski definition) is 0. The molecule has 0 amide bonds. The van der Waals surface area contributed by atoms with Gasteiger partial charge in [-0.1, -0.05) is 11.6 Å². The van der Waals surface area contributed by atoms with Crippen molar-refractivity contribution in [2.24, 2.45) is 0 Å². The molecule has 1 aromatic heterocycles. The van der Waals surface area contributed by atoms with Crippen LogP contribution in [0.1, 0.15) is 16.8 Å². The largest absolute Gasteiger partial charge is 0.418 e. The van der Waals surface area contributed by atoms with Crippen LogP contribution in [0.25, 0.3) is 0 Å². The summed E-state index contributed by atoms with van der Waals surface area (Å²) >= 11 is 8.21. The summed E-state index contributed by atoms with van der Waals surface area (Å²) in [5.41, 5.74) is -1.66. The zero-order chi connectivity index (χ0) is 11.8. The van der Waals surface area contributed by atoms with Crippen LogP contribution in [0.5, 0.6) is 0 Å². The van der Waals surface area contributed by atoms with Crippen LogP contribution in [0.4, 0.5) is 13.2 Å². The molecule has 0 fully saturated rings. The van der Waals surface area contributed by atoms with Crippen LogP contribution in [0, 0.1) is 18.3 Å². The lowest BCUT2D eigenvalue weighted by molar-refractivity contribution is -0.138. The highest BCUT2D eigenvalue weighted by Crippen LogP contribution is 2.40. The van der Waals surface area contributed by atoms with Crippen molar-refractivity contribution in [2.75, 3.05) is 0 Å². The standard InChI is InChI=1S/C8H3BrClF3N2/c1-3-6(9)5(8(11,12)13)4(2-14)7(10)15-3/h1H3. The topological polar surface area (TPSA) is 36.7 Å². The summed E-state index contributed by atoms with van der Waals surface area (Å²) in [6.45, 7) is 1.37. The van der Waals surface area contributed by atoms with Crippen molar-refractivity contribution in [3.8, 4) is 6.07 Å². The number of aromatic nitrogens is 1. The van der Waals surface area contributed by atoms with Crippen LogP contribution in [0.3, 0.4) is 0 Å². The van der Waals surface area contributed by atoms with Gasteiger partial charge in [-0.05, 0) is 22.9 Å². The predicted octanol–water partition coefficient (Wildman–Crippen LogP) is 3.70. The molecule has 1 aromatic rings. The molecule has 0 aliphatic heterocycles. The quantitative estimate of drug-likeness (QED) is 0.685. The van der Waals surface area contributed by atoms with Gasteiger partial charge in [0.15, 0.2) is 0 Å². The number of rotatable bonds is 0. The normalized spacial score (nSPS) is 11.3. The van der Waals surface area contributed by atoms with Crippen LogP contribution in [0.2, 0.25) is 5.15 Å². The molecule has 0 radical (unpaired) electrons. The molecule has 80 valence electrons. The Bertz CT molecular complexity index is 451. The van der Waals surface area contributed by atoms with E-state index in [2.05, 4.69) is 20.9 Å². The number of nitrogens with zero attached hydrogens (tertiary/aromatic N) is 2. The lowest BCUT2D eigenvalue weighted by atomic mass is 10.1. The van der Waals surface area contributed by atoms with E-state index in [1.165, 1.54) is 13.0 Å². The molecule has 0 aliphatic rings. The van der Waals surface area contributed by atoms with Crippen LogP contribution in [0.15, 0.2) is 4.47 Å². The first-order valence-corrected chi connectivity index (χ1v) is 4.79. The Kier molecular flexibility index (Phi) is 3.26. The highest BCUT2D eigenvalue weighted by molar-refractivity contribution is 9.10. The maximum atomic E-state index is 12.6. The van der Waals surface area contributed by atoms with Crippen LogP contribution in [-0.4, -0.2) is 4.98 Å². The minimum absolute atomic E-state index is 0.0892. The van der Waals surface area contributed by atoms with E-state index in [1.807, 2.05) is 0 Å². The van der Waals surface area contributed by atoms with E-state index >= 15 is 0 Å². The van der Waals surface area contributed by atoms with Gasteiger partial charge in [-0.25, -0.2) is 4.98 Å². The molecule has 1 rings (SSSR count). The molecule has 7 heteroatoms. The summed E-state index contributed by atoms with van der Waals surface area (Å²) < 4.78 is 37.5. The average Bonchev–Trinajstić information content (AvgIpc) is 2.08. The number of pyridine rings is 1. The van der Waals surface area contributed by atoms with E-state index in [1.54, 1.807) is 0 Å². The van der Waals surface area contributed by atoms with Crippen molar-refractivity contribution in [3.05, 3.63) is 26.4 Å². The summed E-state index contributed by atoms with van der Waals surface area (Å²) in [4.78, 5) is 3.61. The SMILES string of the molecule is Cc1nc(Cl)c(C#N)c(C(F)(F)F)c1Br. The van der Waals surface area contributed by atoms with Gasteiger partial charge < -0.3 is 0 Å². The molecular formula is C8H3BrClF3N2. The molecule has 1 heterocycles. The van der Waals surface area contributed by atoms with E-state index in [0.29, 0.717) is 0 Å². The number of hydrogen-bond acceptors (Lipinski definition) is 2. The summed E-state index contributed by atoms with van der Waals surface area (Å²) in [5.74, 6) is 0. The zero-order valence-electron chi connectivity index (χ0n) is 7.28. The summed E-state index contributed by atoms with van der Waals surface area (Å²) in [5, 5.41) is 8.14. The molecule has 0 N–H and O–H groups in total. The molecule has 0 spiro atoms. The van der Waals surface area contributed by atoms with E-state index in [9.17, 15) is 13.2 Å². The minimum Gasteiger partial charge on any atom is -0.239 e. The first-order chi connectivity index (χ1) is 6.79. The third-order valence-electron chi connectivity index (χ3n) is 1.65. The van der Waals surface area contributed by atoms with Gasteiger partial charge >= 0.3 is 6.18 Å². The smallest absolute Gasteiger partial charge is 0.239 e. The molecule has 0 saturated carbocycles. The number of aryl methyl sites for hydroxylation is 1. The maximum Gasteiger partial charge on any atom is 0.418 e. The Labute approximate surface area is 96.8 Å². The van der Waals surface area contributed by atoms with Crippen LogP contribution >= 0.6 is 27.5 Å². The molecule has 0 saturated heterocycles. The average molecular weight is 299 g/mol. The Hall–Kier alpha value is -0.800. The first-order valence-electron chi connectivity index (χ1n) is 3.62. The predicted molar refractivity (Wildman–Crippen MR) is 51.4 cm³/mol. The minimum atomic E-state index is -4.64. The molecule has 0 aromatic carbocycles. The Morgan fingerprint density at radius 3 is 2.40 bits per heavy atom. The fourth-order valence-corrected chi connectivity index (χ4v) is 1.79. The van der Waals surface area contributed by atoms with Gasteiger partial charge in [0, 0.05) is 0 Å². The molecule has 0 atom stereocenters. The van der Waals surface area contributed by atoms with E-state index in [-0.39, 0.29) is 10.2 Å². The lowest BCUT2D eigenvalue weighted by Crippen LogP contribution is -2.11. The fraction of sp³-hybridized carbons (Fsp3) is 0.250. The van der Waals surface area contributed by atoms with Crippen molar-refractivity contribution >= 4 is 27.5 Å². The highest BCUT2D eigenvalue weighted by atomic mass is 79.9. The molecular weight excluding hydrogens is 296 g/mol. The summed E-state index contributed by atoms with van der Waals surface area (Å²) in [6.07, 6.45) is -4.64. The van der Waals surface area contributed by atoms with Crippen molar-refractivity contribution in [3.63, 3.8) is 0 Å². The molecule has 0 unspecified atom stereocenters. The summed E-state index contributed by atoms with van der Waals surface area (Å²) in [6, 6.07) is 1.39. The second-order valence-electron chi connectivity index (χ2n) is 2.66. The van der Waals surface area contributed by atoms with E-state index in [0.717, 1.165) is 0 Å².